The van der Waals surface area contributed by atoms with E-state index in [4.69, 9.17) is 0 Å². The minimum Gasteiger partial charge on any atom is -0.235 e. The molecule has 2 nitrogen and oxygen atoms in total. The van der Waals surface area contributed by atoms with Crippen LogP contribution in [0.3, 0.4) is 0 Å². The molecule has 0 fully saturated rings. The lowest BCUT2D eigenvalue weighted by Gasteiger charge is -1.94. The summed E-state index contributed by atoms with van der Waals surface area (Å²) >= 11 is 3.48. The molecule has 44 valence electrons. The van der Waals surface area contributed by atoms with E-state index in [1.807, 2.05) is 0 Å². The molecule has 0 amide bonds. The minimum atomic E-state index is 0.889. The lowest BCUT2D eigenvalue weighted by Crippen LogP contribution is -2.09. The number of unbranched alkanes of at least 4 members (excludes halogenated alkanes) is 1. The highest BCUT2D eigenvalue weighted by Gasteiger charge is 1.78. The van der Waals surface area contributed by atoms with Crippen LogP contribution in [0.15, 0.2) is 0 Å². The molecular formula is C4H11NOS. The Bertz CT molecular complexity index is 30.9. The zero-order valence-corrected chi connectivity index (χ0v) is 5.37. The SMILES string of the molecule is CCCCNOS. The molecule has 1 N–H and O–H groups in total. The van der Waals surface area contributed by atoms with Crippen molar-refractivity contribution in [2.75, 3.05) is 6.54 Å². The maximum absolute atomic E-state index is 4.29. The van der Waals surface area contributed by atoms with Crippen LogP contribution in [-0.2, 0) is 4.28 Å². The van der Waals surface area contributed by atoms with Crippen molar-refractivity contribution in [2.45, 2.75) is 19.8 Å². The maximum atomic E-state index is 4.29. The second-order valence-electron chi connectivity index (χ2n) is 1.34. The Labute approximate surface area is 49.8 Å². The van der Waals surface area contributed by atoms with Crippen LogP contribution in [0.25, 0.3) is 0 Å². The van der Waals surface area contributed by atoms with Gasteiger partial charge in [-0.3, -0.25) is 0 Å². The molecule has 0 aliphatic rings. The van der Waals surface area contributed by atoms with Gasteiger partial charge in [-0.05, 0) is 19.3 Å². The van der Waals surface area contributed by atoms with Gasteiger partial charge in [0, 0.05) is 6.54 Å². The fourth-order valence-corrected chi connectivity index (χ4v) is 0.386. The molecule has 0 saturated carbocycles. The van der Waals surface area contributed by atoms with Gasteiger partial charge in [0.1, 0.15) is 0 Å². The minimum absolute atomic E-state index is 0.889. The molecular weight excluding hydrogens is 110 g/mol. The molecule has 3 heteroatoms. The lowest BCUT2D eigenvalue weighted by molar-refractivity contribution is 0.242. The number of rotatable bonds is 4. The van der Waals surface area contributed by atoms with Crippen LogP contribution in [0.2, 0.25) is 0 Å². The van der Waals surface area contributed by atoms with Crippen LogP contribution in [0, 0.1) is 0 Å². The van der Waals surface area contributed by atoms with Crippen molar-refractivity contribution in [3.05, 3.63) is 0 Å². The largest absolute Gasteiger partial charge is 0.235 e. The van der Waals surface area contributed by atoms with E-state index in [0.29, 0.717) is 0 Å². The van der Waals surface area contributed by atoms with E-state index in [2.05, 4.69) is 29.6 Å². The highest BCUT2D eigenvalue weighted by molar-refractivity contribution is 7.75. The number of hydrogen-bond donors (Lipinski definition) is 2. The predicted octanol–water partition coefficient (Wildman–Crippen LogP) is 1.15. The van der Waals surface area contributed by atoms with Gasteiger partial charge < -0.3 is 0 Å². The summed E-state index contributed by atoms with van der Waals surface area (Å²) in [7, 11) is 0. The van der Waals surface area contributed by atoms with Crippen molar-refractivity contribution >= 4 is 12.9 Å². The standard InChI is InChI=1S/C4H11NOS/c1-2-3-4-5-6-7/h5,7H,2-4H2,1H3. The highest BCUT2D eigenvalue weighted by atomic mass is 32.1. The third-order valence-corrected chi connectivity index (χ3v) is 0.826. The Morgan fingerprint density at radius 3 is 2.86 bits per heavy atom. The summed E-state index contributed by atoms with van der Waals surface area (Å²) in [6.07, 6.45) is 2.32. The van der Waals surface area contributed by atoms with Crippen molar-refractivity contribution in [3.63, 3.8) is 0 Å². The van der Waals surface area contributed by atoms with Gasteiger partial charge in [-0.15, -0.1) is 0 Å². The summed E-state index contributed by atoms with van der Waals surface area (Å²) in [6, 6.07) is 0. The van der Waals surface area contributed by atoms with Crippen molar-refractivity contribution in [1.29, 1.82) is 0 Å². The number of hydroxylamine groups is 1. The zero-order chi connectivity index (χ0) is 5.54. The van der Waals surface area contributed by atoms with Gasteiger partial charge in [0.05, 0.1) is 0 Å². The van der Waals surface area contributed by atoms with Gasteiger partial charge in [-0.2, -0.15) is 5.48 Å². The Balaban J connectivity index is 2.45. The van der Waals surface area contributed by atoms with Gasteiger partial charge in [-0.1, -0.05) is 13.3 Å². The monoisotopic (exact) mass is 121 g/mol. The number of thiol groups is 1. The van der Waals surface area contributed by atoms with Crippen molar-refractivity contribution < 1.29 is 4.28 Å². The predicted molar refractivity (Wildman–Crippen MR) is 33.0 cm³/mol. The lowest BCUT2D eigenvalue weighted by atomic mass is 10.3. The van der Waals surface area contributed by atoms with E-state index in [9.17, 15) is 0 Å². The van der Waals surface area contributed by atoms with E-state index in [1.165, 1.54) is 6.42 Å². The number of nitrogens with one attached hydrogen (secondary N) is 1. The summed E-state index contributed by atoms with van der Waals surface area (Å²) in [5.74, 6) is 0. The van der Waals surface area contributed by atoms with Gasteiger partial charge in [0.25, 0.3) is 0 Å². The van der Waals surface area contributed by atoms with Crippen LogP contribution in [-0.4, -0.2) is 6.54 Å². The molecule has 0 aromatic carbocycles. The second kappa shape index (κ2) is 6.27. The molecule has 0 aliphatic heterocycles. The molecule has 0 aromatic heterocycles. The topological polar surface area (TPSA) is 21.3 Å². The molecule has 0 aliphatic carbocycles. The molecule has 0 unspecified atom stereocenters. The Hall–Kier alpha value is 0.270. The van der Waals surface area contributed by atoms with Gasteiger partial charge >= 0.3 is 0 Å². The summed E-state index contributed by atoms with van der Waals surface area (Å²) in [6.45, 7) is 3.01. The summed E-state index contributed by atoms with van der Waals surface area (Å²) in [4.78, 5) is 0. The Morgan fingerprint density at radius 1 is 1.71 bits per heavy atom. The molecule has 0 saturated heterocycles. The van der Waals surface area contributed by atoms with Crippen LogP contribution >= 0.6 is 12.9 Å². The first-order chi connectivity index (χ1) is 3.41. The van der Waals surface area contributed by atoms with Crippen LogP contribution in [0.4, 0.5) is 0 Å². The van der Waals surface area contributed by atoms with Crippen LogP contribution in [0.5, 0.6) is 0 Å². The van der Waals surface area contributed by atoms with Crippen LogP contribution in [0.1, 0.15) is 19.8 Å². The van der Waals surface area contributed by atoms with Crippen LogP contribution < -0.4 is 5.48 Å². The molecule has 0 radical (unpaired) electrons. The Morgan fingerprint density at radius 2 is 2.43 bits per heavy atom. The molecule has 0 heterocycles. The molecule has 0 aromatic rings. The summed E-state index contributed by atoms with van der Waals surface area (Å²) < 4.78 is 4.29. The van der Waals surface area contributed by atoms with E-state index in [-0.39, 0.29) is 0 Å². The number of hydrogen-bond acceptors (Lipinski definition) is 3. The smallest absolute Gasteiger partial charge is 0.0221 e. The van der Waals surface area contributed by atoms with E-state index >= 15 is 0 Å². The quantitative estimate of drug-likeness (QED) is 0.252. The van der Waals surface area contributed by atoms with E-state index in [0.717, 1.165) is 13.0 Å². The van der Waals surface area contributed by atoms with E-state index < -0.39 is 0 Å². The van der Waals surface area contributed by atoms with E-state index in [1.54, 1.807) is 0 Å². The first-order valence-electron chi connectivity index (χ1n) is 2.45. The Kier molecular flexibility index (Phi) is 6.51. The normalized spacial score (nSPS) is 9.43. The highest BCUT2D eigenvalue weighted by Crippen LogP contribution is 1.82. The van der Waals surface area contributed by atoms with Gasteiger partial charge in [0.15, 0.2) is 0 Å². The fourth-order valence-electron chi connectivity index (χ4n) is 0.295. The van der Waals surface area contributed by atoms with Gasteiger partial charge in [0.2, 0.25) is 0 Å². The average molecular weight is 121 g/mol. The third-order valence-electron chi connectivity index (χ3n) is 0.697. The molecule has 7 heavy (non-hydrogen) atoms. The van der Waals surface area contributed by atoms with Crippen molar-refractivity contribution in [1.82, 2.24) is 5.48 Å². The second-order valence-corrected chi connectivity index (χ2v) is 1.52. The molecule has 0 bridgehead atoms. The molecule has 0 atom stereocenters. The first kappa shape index (κ1) is 7.27. The molecule has 0 rings (SSSR count). The fraction of sp³-hybridized carbons (Fsp3) is 1.00. The van der Waals surface area contributed by atoms with Crippen molar-refractivity contribution in [2.24, 2.45) is 0 Å². The summed E-state index contributed by atoms with van der Waals surface area (Å²) in [5.41, 5.74) is 2.61. The van der Waals surface area contributed by atoms with Crippen molar-refractivity contribution in [3.8, 4) is 0 Å². The third kappa shape index (κ3) is 6.27. The average Bonchev–Trinajstić information content (AvgIpc) is 1.69. The maximum Gasteiger partial charge on any atom is 0.0221 e. The van der Waals surface area contributed by atoms with Gasteiger partial charge in [-0.25, -0.2) is 4.28 Å². The zero-order valence-electron chi connectivity index (χ0n) is 4.48. The summed E-state index contributed by atoms with van der Waals surface area (Å²) in [5, 5.41) is 0. The molecule has 0 spiro atoms. The first-order valence-corrected chi connectivity index (χ1v) is 2.81.